The van der Waals surface area contributed by atoms with Crippen molar-refractivity contribution in [3.05, 3.63) is 35.5 Å². The van der Waals surface area contributed by atoms with Crippen LogP contribution < -0.4 is 4.90 Å². The van der Waals surface area contributed by atoms with Crippen molar-refractivity contribution in [2.75, 3.05) is 51.3 Å². The van der Waals surface area contributed by atoms with Gasteiger partial charge in [0.1, 0.15) is 0 Å². The molecule has 2 saturated heterocycles. The first-order valence-electron chi connectivity index (χ1n) is 10.7. The molecule has 6 rings (SSSR count). The number of nitrogens with zero attached hydrogens (tertiary/aromatic N) is 7. The number of aromatic nitrogens is 4. The highest BCUT2D eigenvalue weighted by Gasteiger charge is 2.27. The second-order valence-corrected chi connectivity index (χ2v) is 8.35. The molecule has 3 aliphatic heterocycles. The van der Waals surface area contributed by atoms with E-state index in [9.17, 15) is 0 Å². The molecule has 2 fully saturated rings. The SMILES string of the molecule is CN1CCC(n2ncc3c(-c4cccc5c4C=NC5)nc(N4CCOCC4)nc32)C1. The summed E-state index contributed by atoms with van der Waals surface area (Å²) in [4.78, 5) is 19.1. The predicted molar refractivity (Wildman–Crippen MR) is 116 cm³/mol. The highest BCUT2D eigenvalue weighted by atomic mass is 16.5. The number of anilines is 1. The molecule has 0 N–H and O–H groups in total. The van der Waals surface area contributed by atoms with E-state index in [2.05, 4.69) is 44.7 Å². The van der Waals surface area contributed by atoms with Gasteiger partial charge in [0.2, 0.25) is 5.95 Å². The summed E-state index contributed by atoms with van der Waals surface area (Å²) in [6, 6.07) is 6.73. The van der Waals surface area contributed by atoms with Crippen LogP contribution in [-0.4, -0.2) is 77.3 Å². The summed E-state index contributed by atoms with van der Waals surface area (Å²) in [7, 11) is 2.16. The van der Waals surface area contributed by atoms with Crippen LogP contribution >= 0.6 is 0 Å². The molecule has 0 spiro atoms. The number of morpholine rings is 1. The lowest BCUT2D eigenvalue weighted by Crippen LogP contribution is -2.37. The maximum atomic E-state index is 5.55. The van der Waals surface area contributed by atoms with Crippen LogP contribution in [0.25, 0.3) is 22.3 Å². The monoisotopic (exact) mass is 403 g/mol. The Labute approximate surface area is 175 Å². The number of ether oxygens (including phenoxy) is 1. The molecule has 2 aromatic heterocycles. The third-order valence-corrected chi connectivity index (χ3v) is 6.38. The quantitative estimate of drug-likeness (QED) is 0.667. The van der Waals surface area contributed by atoms with E-state index in [4.69, 9.17) is 19.8 Å². The third-order valence-electron chi connectivity index (χ3n) is 6.38. The van der Waals surface area contributed by atoms with Gasteiger partial charge in [0, 0.05) is 43.5 Å². The lowest BCUT2D eigenvalue weighted by atomic mass is 9.99. The van der Waals surface area contributed by atoms with Gasteiger partial charge >= 0.3 is 0 Å². The summed E-state index contributed by atoms with van der Waals surface area (Å²) in [5, 5.41) is 5.80. The fourth-order valence-electron chi connectivity index (χ4n) is 4.75. The standard InChI is InChI=1S/C22H25N7O/c1-27-6-5-16(14-27)29-21-19(13-24-29)20(17-4-2-3-15-11-23-12-18(15)17)25-22(26-21)28-7-9-30-10-8-28/h2-4,12-13,16H,5-11,14H2,1H3. The van der Waals surface area contributed by atoms with E-state index in [1.165, 1.54) is 11.1 Å². The maximum Gasteiger partial charge on any atom is 0.228 e. The summed E-state index contributed by atoms with van der Waals surface area (Å²) >= 11 is 0. The molecule has 0 saturated carbocycles. The van der Waals surface area contributed by atoms with Gasteiger partial charge in [-0.05, 0) is 19.0 Å². The Morgan fingerprint density at radius 1 is 1.10 bits per heavy atom. The molecule has 8 nitrogen and oxygen atoms in total. The van der Waals surface area contributed by atoms with Crippen LogP contribution in [0.1, 0.15) is 23.6 Å². The van der Waals surface area contributed by atoms with Crippen LogP contribution in [-0.2, 0) is 11.3 Å². The number of fused-ring (bicyclic) bond motifs is 2. The van der Waals surface area contributed by atoms with Crippen molar-refractivity contribution in [3.63, 3.8) is 0 Å². The summed E-state index contributed by atoms with van der Waals surface area (Å²) in [6.45, 7) is 5.84. The molecule has 1 unspecified atom stereocenters. The molecule has 0 radical (unpaired) electrons. The smallest absolute Gasteiger partial charge is 0.228 e. The number of likely N-dealkylation sites (N-methyl/N-ethyl adjacent to an activating group) is 1. The molecule has 0 aliphatic carbocycles. The fourth-order valence-corrected chi connectivity index (χ4v) is 4.75. The molecule has 154 valence electrons. The molecule has 1 atom stereocenters. The fraction of sp³-hybridized carbons (Fsp3) is 0.455. The molecule has 0 bridgehead atoms. The minimum atomic E-state index is 0.343. The van der Waals surface area contributed by atoms with E-state index >= 15 is 0 Å². The molecule has 3 aromatic rings. The van der Waals surface area contributed by atoms with Gasteiger partial charge in [-0.2, -0.15) is 10.1 Å². The van der Waals surface area contributed by atoms with E-state index in [1.54, 1.807) is 0 Å². The first-order valence-corrected chi connectivity index (χ1v) is 10.7. The number of aliphatic imine (C=N–C) groups is 1. The Balaban J connectivity index is 1.55. The molecule has 3 aliphatic rings. The van der Waals surface area contributed by atoms with Gasteiger partial charge in [-0.25, -0.2) is 9.67 Å². The largest absolute Gasteiger partial charge is 0.378 e. The Morgan fingerprint density at radius 2 is 2.00 bits per heavy atom. The van der Waals surface area contributed by atoms with Crippen LogP contribution in [0.15, 0.2) is 29.4 Å². The van der Waals surface area contributed by atoms with E-state index < -0.39 is 0 Å². The van der Waals surface area contributed by atoms with Crippen molar-refractivity contribution in [2.24, 2.45) is 4.99 Å². The van der Waals surface area contributed by atoms with Crippen LogP contribution in [0.5, 0.6) is 0 Å². The summed E-state index contributed by atoms with van der Waals surface area (Å²) in [5.74, 6) is 0.765. The number of benzene rings is 1. The van der Waals surface area contributed by atoms with Gasteiger partial charge in [-0.1, -0.05) is 18.2 Å². The molecular formula is C22H25N7O. The van der Waals surface area contributed by atoms with Crippen LogP contribution in [0, 0.1) is 0 Å². The average molecular weight is 403 g/mol. The van der Waals surface area contributed by atoms with E-state index in [0.29, 0.717) is 19.3 Å². The third kappa shape index (κ3) is 2.90. The number of hydrogen-bond acceptors (Lipinski definition) is 7. The van der Waals surface area contributed by atoms with Crippen molar-refractivity contribution < 1.29 is 4.74 Å². The molecule has 5 heterocycles. The zero-order valence-electron chi connectivity index (χ0n) is 17.2. The maximum absolute atomic E-state index is 5.55. The molecular weight excluding hydrogens is 378 g/mol. The highest BCUT2D eigenvalue weighted by Crippen LogP contribution is 2.34. The first kappa shape index (κ1) is 18.0. The lowest BCUT2D eigenvalue weighted by Gasteiger charge is -2.27. The van der Waals surface area contributed by atoms with Gasteiger partial charge in [-0.15, -0.1) is 0 Å². The normalized spacial score (nSPS) is 21.6. The molecule has 0 amide bonds. The number of hydrogen-bond donors (Lipinski definition) is 0. The van der Waals surface area contributed by atoms with Gasteiger partial charge in [0.25, 0.3) is 0 Å². The lowest BCUT2D eigenvalue weighted by molar-refractivity contribution is 0.122. The van der Waals surface area contributed by atoms with Crippen molar-refractivity contribution in [1.29, 1.82) is 0 Å². The van der Waals surface area contributed by atoms with Gasteiger partial charge in [-0.3, -0.25) is 4.99 Å². The van der Waals surface area contributed by atoms with E-state index in [1.807, 2.05) is 12.4 Å². The predicted octanol–water partition coefficient (Wildman–Crippen LogP) is 2.14. The van der Waals surface area contributed by atoms with Crippen molar-refractivity contribution in [3.8, 4) is 11.3 Å². The molecule has 8 heteroatoms. The van der Waals surface area contributed by atoms with Gasteiger partial charge in [0.15, 0.2) is 5.65 Å². The molecule has 1 aromatic carbocycles. The Hall–Kier alpha value is -2.84. The van der Waals surface area contributed by atoms with Gasteiger partial charge in [0.05, 0.1) is 43.1 Å². The van der Waals surface area contributed by atoms with Crippen molar-refractivity contribution in [1.82, 2.24) is 24.6 Å². The summed E-state index contributed by atoms with van der Waals surface area (Å²) in [5.41, 5.74) is 5.40. The van der Waals surface area contributed by atoms with E-state index in [0.717, 1.165) is 67.4 Å². The highest BCUT2D eigenvalue weighted by molar-refractivity contribution is 6.00. The summed E-state index contributed by atoms with van der Waals surface area (Å²) in [6.07, 6.45) is 5.01. The molecule has 30 heavy (non-hydrogen) atoms. The zero-order chi connectivity index (χ0) is 20.1. The van der Waals surface area contributed by atoms with Crippen molar-refractivity contribution >= 4 is 23.2 Å². The number of rotatable bonds is 3. The van der Waals surface area contributed by atoms with E-state index in [-0.39, 0.29) is 0 Å². The second-order valence-electron chi connectivity index (χ2n) is 8.35. The Morgan fingerprint density at radius 3 is 2.83 bits per heavy atom. The van der Waals surface area contributed by atoms with Gasteiger partial charge < -0.3 is 14.5 Å². The van der Waals surface area contributed by atoms with Crippen molar-refractivity contribution in [2.45, 2.75) is 19.0 Å². The first-order chi connectivity index (χ1) is 14.8. The zero-order valence-corrected chi connectivity index (χ0v) is 17.2. The van der Waals surface area contributed by atoms with Crippen LogP contribution in [0.4, 0.5) is 5.95 Å². The topological polar surface area (TPSA) is 71.7 Å². The Bertz CT molecular complexity index is 1130. The average Bonchev–Trinajstić information content (AvgIpc) is 3.52. The summed E-state index contributed by atoms with van der Waals surface area (Å²) < 4.78 is 7.66. The minimum absolute atomic E-state index is 0.343. The van der Waals surface area contributed by atoms with Crippen LogP contribution in [0.3, 0.4) is 0 Å². The van der Waals surface area contributed by atoms with Crippen LogP contribution in [0.2, 0.25) is 0 Å². The Kier molecular flexibility index (Phi) is 4.28. The second kappa shape index (κ2) is 7.14. The number of likely N-dealkylation sites (tertiary alicyclic amines) is 1. The minimum Gasteiger partial charge on any atom is -0.378 e.